The lowest BCUT2D eigenvalue weighted by Gasteiger charge is -2.06. The first kappa shape index (κ1) is 13.1. The van der Waals surface area contributed by atoms with Crippen LogP contribution in [0.4, 0.5) is 4.39 Å². The molecule has 0 saturated heterocycles. The molecule has 0 radical (unpaired) electrons. The van der Waals surface area contributed by atoms with Crippen LogP contribution in [0, 0.1) is 17.7 Å². The van der Waals surface area contributed by atoms with Gasteiger partial charge in [-0.1, -0.05) is 17.1 Å². The maximum Gasteiger partial charge on any atom is 0.135 e. The molecular formula is C13H12FN3O2. The van der Waals surface area contributed by atoms with E-state index in [-0.39, 0.29) is 13.2 Å². The Morgan fingerprint density at radius 3 is 3.00 bits per heavy atom. The van der Waals surface area contributed by atoms with Gasteiger partial charge in [-0.15, -0.1) is 5.10 Å². The van der Waals surface area contributed by atoms with E-state index in [0.29, 0.717) is 17.0 Å². The molecule has 1 N–H and O–H groups in total. The number of aliphatic hydroxyl groups is 1. The Bertz CT molecular complexity index is 628. The average molecular weight is 261 g/mol. The molecule has 0 bridgehead atoms. The lowest BCUT2D eigenvalue weighted by molar-refractivity contribution is 0.300. The first-order chi connectivity index (χ1) is 9.19. The van der Waals surface area contributed by atoms with Crippen molar-refractivity contribution in [2.75, 3.05) is 6.61 Å². The van der Waals surface area contributed by atoms with Crippen LogP contribution in [-0.2, 0) is 13.7 Å². The number of rotatable bonds is 3. The van der Waals surface area contributed by atoms with Crippen LogP contribution in [0.2, 0.25) is 0 Å². The van der Waals surface area contributed by atoms with Gasteiger partial charge in [0, 0.05) is 7.05 Å². The largest absolute Gasteiger partial charge is 0.486 e. The minimum Gasteiger partial charge on any atom is -0.486 e. The third-order valence-electron chi connectivity index (χ3n) is 2.27. The number of aliphatic hydroxyl groups excluding tert-OH is 1. The molecule has 2 rings (SSSR count). The molecule has 0 atom stereocenters. The summed E-state index contributed by atoms with van der Waals surface area (Å²) < 4.78 is 20.2. The molecule has 2 aromatic rings. The molecule has 1 aromatic carbocycles. The van der Waals surface area contributed by atoms with Gasteiger partial charge in [0.2, 0.25) is 0 Å². The SMILES string of the molecule is Cn1cc(COc2ccc(F)cc2C#CCO)nn1. The lowest BCUT2D eigenvalue weighted by Crippen LogP contribution is -1.98. The molecule has 0 saturated carbocycles. The van der Waals surface area contributed by atoms with Crippen LogP contribution in [-0.4, -0.2) is 26.7 Å². The number of ether oxygens (including phenoxy) is 1. The molecule has 0 unspecified atom stereocenters. The second-order valence-corrected chi connectivity index (χ2v) is 3.77. The highest BCUT2D eigenvalue weighted by Gasteiger charge is 2.05. The van der Waals surface area contributed by atoms with Gasteiger partial charge >= 0.3 is 0 Å². The zero-order valence-electron chi connectivity index (χ0n) is 10.3. The molecule has 1 aromatic heterocycles. The predicted molar refractivity (Wildman–Crippen MR) is 65.7 cm³/mol. The molecule has 1 heterocycles. The molecule has 0 aliphatic rings. The number of hydrogen-bond donors (Lipinski definition) is 1. The number of benzene rings is 1. The van der Waals surface area contributed by atoms with Crippen molar-refractivity contribution < 1.29 is 14.2 Å². The van der Waals surface area contributed by atoms with Crippen molar-refractivity contribution >= 4 is 0 Å². The number of halogens is 1. The highest BCUT2D eigenvalue weighted by molar-refractivity contribution is 5.46. The molecule has 0 spiro atoms. The summed E-state index contributed by atoms with van der Waals surface area (Å²) in [4.78, 5) is 0. The fourth-order valence-electron chi connectivity index (χ4n) is 1.47. The van der Waals surface area contributed by atoms with Gasteiger partial charge in [0.25, 0.3) is 0 Å². The van der Waals surface area contributed by atoms with E-state index in [1.165, 1.54) is 18.2 Å². The first-order valence-electron chi connectivity index (χ1n) is 5.56. The Kier molecular flexibility index (Phi) is 4.11. The first-order valence-corrected chi connectivity index (χ1v) is 5.56. The normalized spacial score (nSPS) is 9.84. The molecule has 0 aliphatic heterocycles. The second-order valence-electron chi connectivity index (χ2n) is 3.77. The molecule has 98 valence electrons. The van der Waals surface area contributed by atoms with Crippen molar-refractivity contribution in [3.05, 3.63) is 41.5 Å². The van der Waals surface area contributed by atoms with E-state index in [4.69, 9.17) is 9.84 Å². The monoisotopic (exact) mass is 261 g/mol. The van der Waals surface area contributed by atoms with Crippen molar-refractivity contribution in [2.45, 2.75) is 6.61 Å². The second kappa shape index (κ2) is 5.98. The zero-order valence-corrected chi connectivity index (χ0v) is 10.3. The van der Waals surface area contributed by atoms with Gasteiger partial charge < -0.3 is 9.84 Å². The van der Waals surface area contributed by atoms with Gasteiger partial charge in [-0.05, 0) is 18.2 Å². The number of aromatic nitrogens is 3. The Balaban J connectivity index is 2.15. The summed E-state index contributed by atoms with van der Waals surface area (Å²) in [6.07, 6.45) is 1.72. The number of nitrogens with zero attached hydrogens (tertiary/aromatic N) is 3. The third-order valence-corrected chi connectivity index (χ3v) is 2.27. The van der Waals surface area contributed by atoms with Crippen molar-refractivity contribution in [1.29, 1.82) is 0 Å². The van der Waals surface area contributed by atoms with Crippen LogP contribution in [0.15, 0.2) is 24.4 Å². The molecular weight excluding hydrogens is 249 g/mol. The van der Waals surface area contributed by atoms with E-state index in [1.54, 1.807) is 17.9 Å². The highest BCUT2D eigenvalue weighted by Crippen LogP contribution is 2.19. The molecule has 0 fully saturated rings. The predicted octanol–water partition coefficient (Wildman–Crippen LogP) is 0.877. The number of hydrogen-bond acceptors (Lipinski definition) is 4. The van der Waals surface area contributed by atoms with Crippen LogP contribution >= 0.6 is 0 Å². The smallest absolute Gasteiger partial charge is 0.135 e. The molecule has 19 heavy (non-hydrogen) atoms. The maximum absolute atomic E-state index is 13.1. The van der Waals surface area contributed by atoms with E-state index in [0.717, 1.165) is 0 Å². The van der Waals surface area contributed by atoms with Crippen LogP contribution in [0.5, 0.6) is 5.75 Å². The summed E-state index contributed by atoms with van der Waals surface area (Å²) in [7, 11) is 1.76. The third kappa shape index (κ3) is 3.53. The van der Waals surface area contributed by atoms with E-state index in [2.05, 4.69) is 22.2 Å². The van der Waals surface area contributed by atoms with Gasteiger partial charge in [-0.2, -0.15) is 0 Å². The van der Waals surface area contributed by atoms with Gasteiger partial charge in [0.15, 0.2) is 0 Å². The van der Waals surface area contributed by atoms with E-state index in [9.17, 15) is 4.39 Å². The van der Waals surface area contributed by atoms with E-state index in [1.807, 2.05) is 0 Å². The summed E-state index contributed by atoms with van der Waals surface area (Å²) in [5.74, 6) is 5.13. The standard InChI is InChI=1S/C13H12FN3O2/c1-17-8-12(15-16-17)9-19-13-5-4-11(14)7-10(13)3-2-6-18/h4-5,7-8,18H,6,9H2,1H3. The van der Waals surface area contributed by atoms with Crippen molar-refractivity contribution in [3.63, 3.8) is 0 Å². The average Bonchev–Trinajstić information content (AvgIpc) is 2.81. The Morgan fingerprint density at radius 2 is 2.32 bits per heavy atom. The van der Waals surface area contributed by atoms with Crippen LogP contribution in [0.1, 0.15) is 11.3 Å². The fraction of sp³-hybridized carbons (Fsp3) is 0.231. The van der Waals surface area contributed by atoms with Crippen LogP contribution in [0.3, 0.4) is 0 Å². The Labute approximate surface area is 109 Å². The molecule has 6 heteroatoms. The summed E-state index contributed by atoms with van der Waals surface area (Å²) in [6.45, 7) is -0.0760. The van der Waals surface area contributed by atoms with Gasteiger partial charge in [0.1, 0.15) is 30.5 Å². The summed E-state index contributed by atoms with van der Waals surface area (Å²) in [5.41, 5.74) is 1.05. The number of aryl methyl sites for hydroxylation is 1. The minimum absolute atomic E-state index is 0.216. The Morgan fingerprint density at radius 1 is 1.47 bits per heavy atom. The molecule has 0 amide bonds. The maximum atomic E-state index is 13.1. The van der Waals surface area contributed by atoms with Crippen molar-refractivity contribution in [1.82, 2.24) is 15.0 Å². The van der Waals surface area contributed by atoms with Gasteiger partial charge in [0.05, 0.1) is 11.8 Å². The van der Waals surface area contributed by atoms with Crippen LogP contribution < -0.4 is 4.74 Å². The summed E-state index contributed by atoms with van der Waals surface area (Å²) in [6, 6.07) is 4.04. The quantitative estimate of drug-likeness (QED) is 0.833. The minimum atomic E-state index is -0.408. The summed E-state index contributed by atoms with van der Waals surface area (Å²) >= 11 is 0. The van der Waals surface area contributed by atoms with Crippen LogP contribution in [0.25, 0.3) is 0 Å². The lowest BCUT2D eigenvalue weighted by atomic mass is 10.2. The highest BCUT2D eigenvalue weighted by atomic mass is 19.1. The van der Waals surface area contributed by atoms with Gasteiger partial charge in [-0.3, -0.25) is 4.68 Å². The van der Waals surface area contributed by atoms with E-state index < -0.39 is 5.82 Å². The van der Waals surface area contributed by atoms with Crippen molar-refractivity contribution in [2.24, 2.45) is 7.05 Å². The zero-order chi connectivity index (χ0) is 13.7. The van der Waals surface area contributed by atoms with E-state index >= 15 is 0 Å². The molecule has 5 nitrogen and oxygen atoms in total. The van der Waals surface area contributed by atoms with Gasteiger partial charge in [-0.25, -0.2) is 4.39 Å². The summed E-state index contributed by atoms with van der Waals surface area (Å²) in [5, 5.41) is 16.3. The molecule has 0 aliphatic carbocycles. The topological polar surface area (TPSA) is 60.2 Å². The Hall–Kier alpha value is -2.39. The van der Waals surface area contributed by atoms with Crippen molar-refractivity contribution in [3.8, 4) is 17.6 Å². The fourth-order valence-corrected chi connectivity index (χ4v) is 1.47.